The molecule has 180 valence electrons. The van der Waals surface area contributed by atoms with Gasteiger partial charge >= 0.3 is 12.1 Å². The number of hydrogen-bond acceptors (Lipinski definition) is 8. The van der Waals surface area contributed by atoms with E-state index in [9.17, 15) is 24.9 Å². The van der Waals surface area contributed by atoms with Crippen LogP contribution in [-0.4, -0.2) is 81.2 Å². The summed E-state index contributed by atoms with van der Waals surface area (Å²) in [5, 5.41) is 38.6. The monoisotopic (exact) mass is 455 g/mol. The number of hydrogen-bond donors (Lipinski definition) is 4. The molecule has 0 spiro atoms. The standard InChI is InChI=1S/C20H27NO9.C2H6/c1-11-6-8-21(9-7-11)20(27)28-10-12-2-4-13(5-3-12)29-19-16(24)14(22)15(23)17(30-19)18(25)26;1-2/h2-5,11,14-17,19,22-24H,6-10H2,1H3,(H,25,26);1-2H3/t14-,15-,16+,17-,19?;/m0./s1. The van der Waals surface area contributed by atoms with Crippen LogP contribution in [0.25, 0.3) is 0 Å². The number of rotatable bonds is 5. The van der Waals surface area contributed by atoms with Gasteiger partial charge in [0.1, 0.15) is 30.7 Å². The molecule has 0 radical (unpaired) electrons. The average molecular weight is 456 g/mol. The lowest BCUT2D eigenvalue weighted by atomic mass is 9.99. The Morgan fingerprint density at radius 2 is 1.62 bits per heavy atom. The number of piperidine rings is 1. The van der Waals surface area contributed by atoms with Gasteiger partial charge in [-0.25, -0.2) is 9.59 Å². The Hall–Kier alpha value is -2.40. The van der Waals surface area contributed by atoms with E-state index >= 15 is 0 Å². The van der Waals surface area contributed by atoms with Crippen molar-refractivity contribution in [3.63, 3.8) is 0 Å². The largest absolute Gasteiger partial charge is 0.479 e. The summed E-state index contributed by atoms with van der Waals surface area (Å²) in [6.07, 6.45) is -6.79. The fourth-order valence-corrected chi connectivity index (χ4v) is 3.38. The number of benzene rings is 1. The molecule has 2 heterocycles. The van der Waals surface area contributed by atoms with Crippen molar-refractivity contribution in [2.45, 2.75) is 70.9 Å². The van der Waals surface area contributed by atoms with E-state index < -0.39 is 36.7 Å². The average Bonchev–Trinajstić information content (AvgIpc) is 2.80. The number of aliphatic hydroxyl groups excluding tert-OH is 3. The summed E-state index contributed by atoms with van der Waals surface area (Å²) >= 11 is 0. The second kappa shape index (κ2) is 12.0. The maximum Gasteiger partial charge on any atom is 0.410 e. The van der Waals surface area contributed by atoms with E-state index in [4.69, 9.17) is 19.3 Å². The first kappa shape index (κ1) is 25.9. The van der Waals surface area contributed by atoms with Crippen LogP contribution in [-0.2, 0) is 20.9 Å². The minimum atomic E-state index is -1.78. The minimum Gasteiger partial charge on any atom is -0.479 e. The predicted molar refractivity (Wildman–Crippen MR) is 113 cm³/mol. The molecule has 1 aromatic rings. The van der Waals surface area contributed by atoms with Gasteiger partial charge in [-0.1, -0.05) is 32.9 Å². The fraction of sp³-hybridized carbons (Fsp3) is 0.636. The van der Waals surface area contributed by atoms with Crippen molar-refractivity contribution in [2.24, 2.45) is 5.92 Å². The van der Waals surface area contributed by atoms with Crippen LogP contribution in [0.5, 0.6) is 5.75 Å². The molecule has 2 fully saturated rings. The van der Waals surface area contributed by atoms with Gasteiger partial charge in [0.15, 0.2) is 6.10 Å². The molecule has 1 aromatic carbocycles. The smallest absolute Gasteiger partial charge is 0.410 e. The van der Waals surface area contributed by atoms with Gasteiger partial charge < -0.3 is 39.5 Å². The Bertz CT molecular complexity index is 733. The van der Waals surface area contributed by atoms with Crippen LogP contribution in [0.15, 0.2) is 24.3 Å². The molecule has 5 atom stereocenters. The Morgan fingerprint density at radius 1 is 1.03 bits per heavy atom. The summed E-state index contributed by atoms with van der Waals surface area (Å²) in [4.78, 5) is 25.0. The van der Waals surface area contributed by atoms with Gasteiger partial charge in [0.2, 0.25) is 6.29 Å². The highest BCUT2D eigenvalue weighted by Crippen LogP contribution is 2.25. The lowest BCUT2D eigenvalue weighted by Gasteiger charge is -2.38. The third-order valence-electron chi connectivity index (χ3n) is 5.39. The molecule has 1 unspecified atom stereocenters. The molecule has 1 amide bonds. The van der Waals surface area contributed by atoms with Crippen LogP contribution in [0.4, 0.5) is 4.79 Å². The van der Waals surface area contributed by atoms with Crippen LogP contribution < -0.4 is 4.74 Å². The van der Waals surface area contributed by atoms with Crippen molar-refractivity contribution in [1.82, 2.24) is 4.90 Å². The second-order valence-electron chi connectivity index (χ2n) is 7.72. The Kier molecular flexibility index (Phi) is 9.70. The number of nitrogens with zero attached hydrogens (tertiary/aromatic N) is 1. The van der Waals surface area contributed by atoms with E-state index in [1.54, 1.807) is 17.0 Å². The van der Waals surface area contributed by atoms with Crippen LogP contribution >= 0.6 is 0 Å². The van der Waals surface area contributed by atoms with Gasteiger partial charge in [0.25, 0.3) is 0 Å². The number of carboxylic acids is 1. The molecule has 4 N–H and O–H groups in total. The number of aliphatic carboxylic acids is 1. The van der Waals surface area contributed by atoms with Gasteiger partial charge in [-0.2, -0.15) is 0 Å². The third-order valence-corrected chi connectivity index (χ3v) is 5.39. The molecule has 2 aliphatic rings. The van der Waals surface area contributed by atoms with Gasteiger partial charge in [-0.15, -0.1) is 0 Å². The summed E-state index contributed by atoms with van der Waals surface area (Å²) in [5.74, 6) is -0.627. The fourth-order valence-electron chi connectivity index (χ4n) is 3.38. The maximum atomic E-state index is 12.1. The molecule has 10 heteroatoms. The van der Waals surface area contributed by atoms with Crippen molar-refractivity contribution < 1.29 is 44.2 Å². The highest BCUT2D eigenvalue weighted by molar-refractivity contribution is 5.73. The first-order chi connectivity index (χ1) is 15.3. The summed E-state index contributed by atoms with van der Waals surface area (Å²) in [7, 11) is 0. The molecular weight excluding hydrogens is 422 g/mol. The summed E-state index contributed by atoms with van der Waals surface area (Å²) < 4.78 is 15.8. The number of ether oxygens (including phenoxy) is 3. The highest BCUT2D eigenvalue weighted by atomic mass is 16.7. The number of carboxylic acid groups (broad SMARTS) is 1. The summed E-state index contributed by atoms with van der Waals surface area (Å²) in [6, 6.07) is 6.37. The van der Waals surface area contributed by atoms with Gasteiger partial charge in [0, 0.05) is 13.1 Å². The molecule has 3 rings (SSSR count). The lowest BCUT2D eigenvalue weighted by molar-refractivity contribution is -0.271. The van der Waals surface area contributed by atoms with Crippen LogP contribution in [0.1, 0.15) is 39.2 Å². The molecule has 32 heavy (non-hydrogen) atoms. The lowest BCUT2D eigenvalue weighted by Crippen LogP contribution is -2.61. The third kappa shape index (κ3) is 6.55. The summed E-state index contributed by atoms with van der Waals surface area (Å²) in [6.45, 7) is 7.62. The number of aliphatic hydroxyl groups is 3. The Morgan fingerprint density at radius 3 is 2.19 bits per heavy atom. The summed E-state index contributed by atoms with van der Waals surface area (Å²) in [5.41, 5.74) is 0.713. The topological polar surface area (TPSA) is 146 Å². The zero-order valence-electron chi connectivity index (χ0n) is 18.6. The number of carbonyl (C=O) groups excluding carboxylic acids is 1. The van der Waals surface area contributed by atoms with Crippen LogP contribution in [0, 0.1) is 5.92 Å². The molecule has 0 bridgehead atoms. The maximum absolute atomic E-state index is 12.1. The van der Waals surface area contributed by atoms with Gasteiger partial charge in [-0.05, 0) is 36.5 Å². The quantitative estimate of drug-likeness (QED) is 0.517. The van der Waals surface area contributed by atoms with E-state index in [2.05, 4.69) is 6.92 Å². The van der Waals surface area contributed by atoms with Crippen molar-refractivity contribution in [3.05, 3.63) is 29.8 Å². The van der Waals surface area contributed by atoms with E-state index in [0.29, 0.717) is 24.6 Å². The van der Waals surface area contributed by atoms with Gasteiger partial charge in [0.05, 0.1) is 0 Å². The Labute approximate surface area is 187 Å². The highest BCUT2D eigenvalue weighted by Gasteiger charge is 2.48. The van der Waals surface area contributed by atoms with Crippen molar-refractivity contribution in [2.75, 3.05) is 13.1 Å². The van der Waals surface area contributed by atoms with Gasteiger partial charge in [-0.3, -0.25) is 0 Å². The second-order valence-corrected chi connectivity index (χ2v) is 7.72. The molecule has 0 aliphatic carbocycles. The molecule has 10 nitrogen and oxygen atoms in total. The molecule has 0 saturated carbocycles. The normalized spacial score (nSPS) is 28.3. The molecule has 0 aromatic heterocycles. The van der Waals surface area contributed by atoms with E-state index in [1.165, 1.54) is 12.1 Å². The van der Waals surface area contributed by atoms with Crippen molar-refractivity contribution in [1.29, 1.82) is 0 Å². The van der Waals surface area contributed by atoms with Crippen molar-refractivity contribution in [3.8, 4) is 5.75 Å². The van der Waals surface area contributed by atoms with Crippen molar-refractivity contribution >= 4 is 12.1 Å². The predicted octanol–water partition coefficient (Wildman–Crippen LogP) is 1.35. The SMILES string of the molecule is CC.CC1CCN(C(=O)OCc2ccc(OC3O[C@H](C(=O)O)[C@@H](O)[C@H](O)[C@H]3O)cc2)CC1. The van der Waals surface area contributed by atoms with E-state index in [0.717, 1.165) is 12.8 Å². The number of amides is 1. The molecular formula is C22H33NO9. The number of likely N-dealkylation sites (tertiary alicyclic amines) is 1. The van der Waals surface area contributed by atoms with Crippen LogP contribution in [0.2, 0.25) is 0 Å². The Balaban J connectivity index is 0.00000176. The number of carbonyl (C=O) groups is 2. The first-order valence-electron chi connectivity index (χ1n) is 10.9. The van der Waals surface area contributed by atoms with E-state index in [-0.39, 0.29) is 18.4 Å². The zero-order valence-corrected chi connectivity index (χ0v) is 18.6. The van der Waals surface area contributed by atoms with E-state index in [1.807, 2.05) is 13.8 Å². The van der Waals surface area contributed by atoms with Crippen LogP contribution in [0.3, 0.4) is 0 Å². The zero-order chi connectivity index (χ0) is 23.8. The molecule has 2 aliphatic heterocycles. The minimum absolute atomic E-state index is 0.0831. The first-order valence-corrected chi connectivity index (χ1v) is 10.9. The molecule has 2 saturated heterocycles.